The van der Waals surface area contributed by atoms with Gasteiger partial charge in [0.2, 0.25) is 5.91 Å². The topological polar surface area (TPSA) is 29.1 Å². The summed E-state index contributed by atoms with van der Waals surface area (Å²) < 4.78 is 1.31. The van der Waals surface area contributed by atoms with Crippen molar-refractivity contribution in [1.29, 1.82) is 0 Å². The molecule has 2 heterocycles. The summed E-state index contributed by atoms with van der Waals surface area (Å²) in [4.78, 5) is 12.1. The molecule has 0 saturated carbocycles. The predicted molar refractivity (Wildman–Crippen MR) is 61.7 cm³/mol. The van der Waals surface area contributed by atoms with E-state index in [1.54, 1.807) is 22.7 Å². The van der Waals surface area contributed by atoms with Gasteiger partial charge in [0.25, 0.3) is 0 Å². The highest BCUT2D eigenvalue weighted by Crippen LogP contribution is 2.30. The normalized spacial score (nSPS) is 10.3. The highest BCUT2D eigenvalue weighted by atomic mass is 32.2. The van der Waals surface area contributed by atoms with Crippen molar-refractivity contribution in [2.24, 2.45) is 0 Å². The molecule has 2 aromatic rings. The molecule has 1 N–H and O–H groups in total. The van der Waals surface area contributed by atoms with Gasteiger partial charge in [0.15, 0.2) is 0 Å². The van der Waals surface area contributed by atoms with E-state index in [1.165, 1.54) is 20.4 Å². The molecule has 0 bridgehead atoms. The van der Waals surface area contributed by atoms with Crippen LogP contribution in [0, 0.1) is 0 Å². The summed E-state index contributed by atoms with van der Waals surface area (Å²) in [5.41, 5.74) is 0. The number of carbonyl (C=O) groups excluding carboxylic acids is 1. The molecule has 0 radical (unpaired) electrons. The van der Waals surface area contributed by atoms with E-state index in [0.717, 1.165) is 0 Å². The van der Waals surface area contributed by atoms with Gasteiger partial charge in [0, 0.05) is 10.3 Å². The van der Waals surface area contributed by atoms with E-state index in [0.29, 0.717) is 6.54 Å². The molecule has 72 valence electrons. The first kappa shape index (κ1) is 9.43. The zero-order valence-corrected chi connectivity index (χ0v) is 9.08. The molecule has 4 heteroatoms. The SMILES string of the molecule is C=CC(=O)NCc1cc2ccsc2s1. The van der Waals surface area contributed by atoms with Gasteiger partial charge in [0.05, 0.1) is 10.6 Å². The summed E-state index contributed by atoms with van der Waals surface area (Å²) in [6.07, 6.45) is 1.29. The highest BCUT2D eigenvalue weighted by Gasteiger charge is 2.02. The van der Waals surface area contributed by atoms with Crippen LogP contribution in [0.25, 0.3) is 9.40 Å². The van der Waals surface area contributed by atoms with Crippen molar-refractivity contribution in [3.05, 3.63) is 35.0 Å². The van der Waals surface area contributed by atoms with E-state index in [1.807, 2.05) is 0 Å². The fraction of sp³-hybridized carbons (Fsp3) is 0.100. The maximum absolute atomic E-state index is 10.9. The van der Waals surface area contributed by atoms with Crippen LogP contribution in [0.1, 0.15) is 4.88 Å². The van der Waals surface area contributed by atoms with Crippen LogP contribution >= 0.6 is 22.7 Å². The summed E-state index contributed by atoms with van der Waals surface area (Å²) >= 11 is 3.46. The van der Waals surface area contributed by atoms with Crippen molar-refractivity contribution in [3.63, 3.8) is 0 Å². The first-order chi connectivity index (χ1) is 6.79. The maximum Gasteiger partial charge on any atom is 0.243 e. The van der Waals surface area contributed by atoms with Gasteiger partial charge in [-0.1, -0.05) is 6.58 Å². The predicted octanol–water partition coefficient (Wildman–Crippen LogP) is 2.77. The van der Waals surface area contributed by atoms with Crippen LogP contribution in [0.2, 0.25) is 0 Å². The summed E-state index contributed by atoms with van der Waals surface area (Å²) in [7, 11) is 0. The Hall–Kier alpha value is -1.13. The number of nitrogens with one attached hydrogen (secondary N) is 1. The second kappa shape index (κ2) is 3.94. The Labute approximate surface area is 89.9 Å². The number of carbonyl (C=O) groups is 1. The molecule has 1 amide bonds. The summed E-state index contributed by atoms with van der Waals surface area (Å²) in [5.74, 6) is -0.123. The highest BCUT2D eigenvalue weighted by molar-refractivity contribution is 7.37. The van der Waals surface area contributed by atoms with E-state index < -0.39 is 0 Å². The smallest absolute Gasteiger partial charge is 0.243 e. The fourth-order valence-electron chi connectivity index (χ4n) is 1.15. The number of fused-ring (bicyclic) bond motifs is 1. The Kier molecular flexibility index (Phi) is 2.65. The summed E-state index contributed by atoms with van der Waals surface area (Å²) in [6, 6.07) is 4.20. The average molecular weight is 223 g/mol. The molecular weight excluding hydrogens is 214 g/mol. The molecule has 0 aromatic carbocycles. The van der Waals surface area contributed by atoms with Crippen molar-refractivity contribution in [3.8, 4) is 0 Å². The molecule has 2 nitrogen and oxygen atoms in total. The van der Waals surface area contributed by atoms with Crippen LogP contribution in [0.3, 0.4) is 0 Å². The van der Waals surface area contributed by atoms with Crippen LogP contribution in [0.5, 0.6) is 0 Å². The third kappa shape index (κ3) is 1.86. The number of thiophene rings is 2. The molecule has 14 heavy (non-hydrogen) atoms. The molecule has 0 spiro atoms. The van der Waals surface area contributed by atoms with E-state index in [9.17, 15) is 4.79 Å². The quantitative estimate of drug-likeness (QED) is 0.796. The second-order valence-electron chi connectivity index (χ2n) is 2.80. The van der Waals surface area contributed by atoms with E-state index in [4.69, 9.17) is 0 Å². The average Bonchev–Trinajstić information content (AvgIpc) is 2.73. The molecule has 2 rings (SSSR count). The lowest BCUT2D eigenvalue weighted by Gasteiger charge is -1.97. The molecule has 0 atom stereocenters. The summed E-state index contributed by atoms with van der Waals surface area (Å²) in [5, 5.41) is 6.10. The molecule has 2 aromatic heterocycles. The minimum absolute atomic E-state index is 0.123. The van der Waals surface area contributed by atoms with Gasteiger partial charge in [-0.05, 0) is 23.6 Å². The third-order valence-corrected chi connectivity index (χ3v) is 4.03. The standard InChI is InChI=1S/C10H9NOS2/c1-2-9(12)11-6-8-5-7-3-4-13-10(7)14-8/h2-5H,1,6H2,(H,11,12). The minimum Gasteiger partial charge on any atom is -0.348 e. The lowest BCUT2D eigenvalue weighted by Crippen LogP contribution is -2.19. The van der Waals surface area contributed by atoms with Crippen molar-refractivity contribution < 1.29 is 4.79 Å². The Morgan fingerprint density at radius 2 is 2.50 bits per heavy atom. The number of hydrogen-bond acceptors (Lipinski definition) is 3. The van der Waals surface area contributed by atoms with Crippen molar-refractivity contribution in [2.45, 2.75) is 6.54 Å². The van der Waals surface area contributed by atoms with E-state index >= 15 is 0 Å². The molecule has 0 aliphatic rings. The van der Waals surface area contributed by atoms with Gasteiger partial charge in [0.1, 0.15) is 0 Å². The van der Waals surface area contributed by atoms with Gasteiger partial charge in [-0.2, -0.15) is 0 Å². The largest absolute Gasteiger partial charge is 0.348 e. The Morgan fingerprint density at radius 1 is 1.64 bits per heavy atom. The van der Waals surface area contributed by atoms with E-state index in [2.05, 4.69) is 29.4 Å². The van der Waals surface area contributed by atoms with Crippen molar-refractivity contribution >= 4 is 38.0 Å². The first-order valence-electron chi connectivity index (χ1n) is 4.16. The lowest BCUT2D eigenvalue weighted by molar-refractivity contribution is -0.116. The molecule has 0 saturated heterocycles. The summed E-state index contributed by atoms with van der Waals surface area (Å²) in [6.45, 7) is 3.99. The number of amides is 1. The molecular formula is C10H9NOS2. The Morgan fingerprint density at radius 3 is 3.21 bits per heavy atom. The fourth-order valence-corrected chi connectivity index (χ4v) is 3.25. The van der Waals surface area contributed by atoms with Gasteiger partial charge < -0.3 is 5.32 Å². The second-order valence-corrected chi connectivity index (χ2v) is 5.11. The Balaban J connectivity index is 2.08. The lowest BCUT2D eigenvalue weighted by atomic mass is 10.3. The van der Waals surface area contributed by atoms with Crippen LogP contribution < -0.4 is 5.32 Å². The van der Waals surface area contributed by atoms with E-state index in [-0.39, 0.29) is 5.91 Å². The Bertz CT molecular complexity index is 441. The van der Waals surface area contributed by atoms with Crippen molar-refractivity contribution in [2.75, 3.05) is 0 Å². The number of rotatable bonds is 3. The zero-order chi connectivity index (χ0) is 9.97. The number of hydrogen-bond donors (Lipinski definition) is 1. The van der Waals surface area contributed by atoms with Gasteiger partial charge in [-0.3, -0.25) is 4.79 Å². The monoisotopic (exact) mass is 223 g/mol. The molecule has 0 aliphatic heterocycles. The minimum atomic E-state index is -0.123. The third-order valence-electron chi connectivity index (χ3n) is 1.82. The first-order valence-corrected chi connectivity index (χ1v) is 5.85. The maximum atomic E-state index is 10.9. The van der Waals surface area contributed by atoms with Crippen LogP contribution in [-0.2, 0) is 11.3 Å². The van der Waals surface area contributed by atoms with Crippen LogP contribution in [0.15, 0.2) is 30.2 Å². The van der Waals surface area contributed by atoms with Gasteiger partial charge >= 0.3 is 0 Å². The van der Waals surface area contributed by atoms with Crippen LogP contribution in [0.4, 0.5) is 0 Å². The van der Waals surface area contributed by atoms with Gasteiger partial charge in [-0.15, -0.1) is 22.7 Å². The molecule has 0 aliphatic carbocycles. The molecule has 0 unspecified atom stereocenters. The van der Waals surface area contributed by atoms with Crippen molar-refractivity contribution in [1.82, 2.24) is 5.32 Å². The van der Waals surface area contributed by atoms with Crippen LogP contribution in [-0.4, -0.2) is 5.91 Å². The molecule has 0 fully saturated rings. The zero-order valence-electron chi connectivity index (χ0n) is 7.45. The van der Waals surface area contributed by atoms with Gasteiger partial charge in [-0.25, -0.2) is 0 Å².